The maximum atomic E-state index is 9.55. The van der Waals surface area contributed by atoms with Gasteiger partial charge in [-0.1, -0.05) is 0 Å². The molecule has 1 aromatic rings. The minimum atomic E-state index is 0.419. The van der Waals surface area contributed by atoms with Crippen LogP contribution in [0.4, 0.5) is 0 Å². The Kier molecular flexibility index (Phi) is 3.43. The Morgan fingerprint density at radius 3 is 2.64 bits per heavy atom. The summed E-state index contributed by atoms with van der Waals surface area (Å²) in [7, 11) is 0. The molecule has 0 aliphatic carbocycles. The molecule has 0 amide bonds. The van der Waals surface area contributed by atoms with Gasteiger partial charge in [0.15, 0.2) is 0 Å². The van der Waals surface area contributed by atoms with Gasteiger partial charge < -0.3 is 0 Å². The van der Waals surface area contributed by atoms with Crippen LogP contribution in [0.25, 0.3) is 0 Å². The summed E-state index contributed by atoms with van der Waals surface area (Å²) >= 11 is 0.419. The van der Waals surface area contributed by atoms with E-state index < -0.39 is 0 Å². The van der Waals surface area contributed by atoms with E-state index in [0.29, 0.717) is 48.5 Å². The standard InChI is InChI=1S/C9H11O.Ra.H/c1-3-8-6-4-5-7(2)9(8)10;;/h5-6,10H,3H2,1-2H3;;. The molecule has 0 fully saturated rings. The fourth-order valence-electron chi connectivity index (χ4n) is 1.32. The Labute approximate surface area is 96.6 Å². The molecule has 1 nitrogen and oxygen atoms in total. The summed E-state index contributed by atoms with van der Waals surface area (Å²) in [5.41, 5.74) is 2.13. The zero-order valence-electron chi connectivity index (χ0n) is 7.31. The molecule has 0 aromatic heterocycles. The van der Waals surface area contributed by atoms with Gasteiger partial charge in [0.1, 0.15) is 0 Å². The third-order valence-corrected chi connectivity index (χ3v) is 4.28. The molecule has 0 radical (unpaired) electrons. The second-order valence-corrected chi connectivity index (χ2v) is 7.69. The van der Waals surface area contributed by atoms with E-state index in [9.17, 15) is 5.11 Å². The zero-order valence-corrected chi connectivity index (χ0v) is 15.5. The van der Waals surface area contributed by atoms with Crippen molar-refractivity contribution >= 4 is 0.604 Å². The second kappa shape index (κ2) is 3.94. The van der Waals surface area contributed by atoms with Crippen LogP contribution in [0.15, 0.2) is 12.1 Å². The molecule has 56 valence electrons. The average molecular weight is 362 g/mol. The summed E-state index contributed by atoms with van der Waals surface area (Å²) in [6.45, 7) is 4.04. The first-order chi connectivity index (χ1) is 5.15. The third kappa shape index (κ3) is 2.21. The van der Waals surface area contributed by atoms with Crippen LogP contribution >= 0.6 is 0 Å². The normalized spacial score (nSPS) is 9.91. The number of rotatable bonds is 1. The molecule has 11 heavy (non-hydrogen) atoms. The number of benzene rings is 1. The third-order valence-electron chi connectivity index (χ3n) is 1.90. The summed E-state index contributed by atoms with van der Waals surface area (Å²) in [4.78, 5) is 0. The van der Waals surface area contributed by atoms with Crippen molar-refractivity contribution < 1.29 is 47.9 Å². The van der Waals surface area contributed by atoms with E-state index in [1.54, 1.807) is 0 Å². The molecule has 0 aliphatic rings. The van der Waals surface area contributed by atoms with Crippen LogP contribution in [0, 0.1) is 49.7 Å². The molecule has 0 heterocycles. The van der Waals surface area contributed by atoms with Crippen LogP contribution < -0.4 is 0.604 Å². The van der Waals surface area contributed by atoms with Gasteiger partial charge in [0.2, 0.25) is 0 Å². The van der Waals surface area contributed by atoms with Gasteiger partial charge in [0.05, 0.1) is 0 Å². The van der Waals surface area contributed by atoms with Gasteiger partial charge in [-0.15, -0.1) is 0 Å². The van der Waals surface area contributed by atoms with Crippen LogP contribution in [0.2, 0.25) is 0 Å². The average Bonchev–Trinajstić information content (AvgIpc) is 1.96. The molecular weight excluding hydrogens is 350 g/mol. The van der Waals surface area contributed by atoms with E-state index in [4.69, 9.17) is 0 Å². The van der Waals surface area contributed by atoms with Crippen LogP contribution in [0.1, 0.15) is 18.1 Å². The first-order valence-corrected chi connectivity index (χ1v) is 8.05. The Morgan fingerprint density at radius 1 is 1.45 bits per heavy atom. The fourth-order valence-corrected chi connectivity index (χ4v) is 4.53. The molecule has 0 saturated heterocycles. The predicted molar refractivity (Wildman–Crippen MR) is 43.3 cm³/mol. The summed E-state index contributed by atoms with van der Waals surface area (Å²) in [5.74, 6) is 0.493. The van der Waals surface area contributed by atoms with Gasteiger partial charge in [0.25, 0.3) is 0 Å². The Balaban J connectivity index is 3.24. The second-order valence-electron chi connectivity index (χ2n) is 2.94. The van der Waals surface area contributed by atoms with Gasteiger partial charge in [-0.2, -0.15) is 0 Å². The van der Waals surface area contributed by atoms with Crippen LogP contribution in [0.3, 0.4) is 0 Å². The predicted octanol–water partition coefficient (Wildman–Crippen LogP) is 1.17. The quantitative estimate of drug-likeness (QED) is 0.796. The van der Waals surface area contributed by atoms with E-state index >= 15 is 0 Å². The van der Waals surface area contributed by atoms with Crippen molar-refractivity contribution in [2.45, 2.75) is 20.3 Å². The first kappa shape index (κ1) is 9.57. The summed E-state index contributed by atoms with van der Waals surface area (Å²) in [6, 6.07) is 4.23. The Hall–Kier alpha value is 0.488. The van der Waals surface area contributed by atoms with E-state index in [0.717, 1.165) is 17.5 Å². The summed E-state index contributed by atoms with van der Waals surface area (Å²) in [5, 5.41) is 9.55. The Morgan fingerprint density at radius 2 is 2.09 bits per heavy atom. The van der Waals surface area contributed by atoms with Gasteiger partial charge in [0, 0.05) is 0 Å². The van der Waals surface area contributed by atoms with E-state index in [1.165, 1.54) is 0.604 Å². The fraction of sp³-hybridized carbons (Fsp3) is 0.333. The van der Waals surface area contributed by atoms with E-state index in [2.05, 4.69) is 19.1 Å². The topological polar surface area (TPSA) is 20.2 Å². The molecule has 2 heteroatoms. The monoisotopic (exact) mass is 362 g/mol. The van der Waals surface area contributed by atoms with Crippen LogP contribution in [-0.4, -0.2) is 5.11 Å². The molecule has 1 aromatic carbocycles. The molecule has 0 spiro atoms. The molecular formula is C9H12ORa. The van der Waals surface area contributed by atoms with Gasteiger partial charge >= 0.3 is 97.8 Å². The molecule has 0 unspecified atom stereocenters. The maximum absolute atomic E-state index is 9.55. The molecule has 1 N–H and O–H groups in total. The summed E-state index contributed by atoms with van der Waals surface area (Å²) in [6.07, 6.45) is 0.934. The van der Waals surface area contributed by atoms with Crippen molar-refractivity contribution in [1.29, 1.82) is 0 Å². The van der Waals surface area contributed by atoms with Crippen molar-refractivity contribution in [3.05, 3.63) is 23.3 Å². The number of phenolic OH excluding ortho intramolecular Hbond substituents is 1. The van der Waals surface area contributed by atoms with Crippen molar-refractivity contribution in [3.63, 3.8) is 0 Å². The molecule has 0 atom stereocenters. The van der Waals surface area contributed by atoms with E-state index in [1.807, 2.05) is 6.92 Å². The zero-order chi connectivity index (χ0) is 8.43. The van der Waals surface area contributed by atoms with Gasteiger partial charge in [-0.05, 0) is 0 Å². The number of phenols is 1. The molecule has 0 aliphatic heterocycles. The number of aryl methyl sites for hydroxylation is 2. The molecule has 0 bridgehead atoms. The van der Waals surface area contributed by atoms with Crippen LogP contribution in [0.5, 0.6) is 5.75 Å². The van der Waals surface area contributed by atoms with Crippen molar-refractivity contribution in [2.24, 2.45) is 0 Å². The van der Waals surface area contributed by atoms with Crippen molar-refractivity contribution in [1.82, 2.24) is 0 Å². The SMILES string of the molecule is CCc1c[c]([RaH])cc(C)c1O. The van der Waals surface area contributed by atoms with Gasteiger partial charge in [-0.3, -0.25) is 0 Å². The van der Waals surface area contributed by atoms with E-state index in [-0.39, 0.29) is 0 Å². The van der Waals surface area contributed by atoms with Crippen molar-refractivity contribution in [3.8, 4) is 5.75 Å². The first-order valence-electron chi connectivity index (χ1n) is 3.94. The minimum absolute atomic E-state index is 0.419. The van der Waals surface area contributed by atoms with Crippen LogP contribution in [-0.2, 0) is 6.42 Å². The molecule has 0 saturated carbocycles. The van der Waals surface area contributed by atoms with Gasteiger partial charge in [-0.25, -0.2) is 0 Å². The number of hydrogen-bond donors (Lipinski definition) is 1. The molecule has 1 rings (SSSR count). The Bertz CT molecular complexity index is 269. The number of hydrogen-bond acceptors (Lipinski definition) is 1. The summed E-state index contributed by atoms with van der Waals surface area (Å²) < 4.78 is 1.45. The van der Waals surface area contributed by atoms with Crippen molar-refractivity contribution in [2.75, 3.05) is 0 Å². The number of aromatic hydroxyl groups is 1.